The van der Waals surface area contributed by atoms with E-state index in [2.05, 4.69) is 43.1 Å². The van der Waals surface area contributed by atoms with Crippen LogP contribution in [0.3, 0.4) is 0 Å². The molecule has 3 rings (SSSR count). The number of hydrogen-bond acceptors (Lipinski definition) is 2. The average Bonchev–Trinajstić information content (AvgIpc) is 3.06. The van der Waals surface area contributed by atoms with E-state index in [1.165, 1.54) is 18.4 Å². The fourth-order valence-corrected chi connectivity index (χ4v) is 2.70. The zero-order valence-corrected chi connectivity index (χ0v) is 13.1. The molecule has 0 bridgehead atoms. The Balaban J connectivity index is 1.82. The van der Waals surface area contributed by atoms with Gasteiger partial charge in [-0.25, -0.2) is 4.98 Å². The van der Waals surface area contributed by atoms with Gasteiger partial charge in [-0.1, -0.05) is 62.7 Å². The van der Waals surface area contributed by atoms with E-state index in [0.717, 1.165) is 16.9 Å². The second-order valence-electron chi connectivity index (χ2n) is 5.71. The second-order valence-corrected chi connectivity index (χ2v) is 5.71. The molecule has 1 heterocycles. The van der Waals surface area contributed by atoms with Crippen molar-refractivity contribution in [3.8, 4) is 22.8 Å². The minimum atomic E-state index is 0.600. The predicted octanol–water partition coefficient (Wildman–Crippen LogP) is 5.91. The van der Waals surface area contributed by atoms with Crippen molar-refractivity contribution in [2.75, 3.05) is 0 Å². The van der Waals surface area contributed by atoms with Crippen LogP contribution in [0.5, 0.6) is 0 Å². The lowest BCUT2D eigenvalue weighted by atomic mass is 9.96. The molecule has 0 saturated carbocycles. The SMILES string of the molecule is CCCC(C)c1ccc(-c2ncc(-c3ccccc3)o2)cc1. The largest absolute Gasteiger partial charge is 0.436 e. The van der Waals surface area contributed by atoms with E-state index in [-0.39, 0.29) is 0 Å². The van der Waals surface area contributed by atoms with Gasteiger partial charge in [0, 0.05) is 11.1 Å². The Hall–Kier alpha value is -2.35. The Morgan fingerprint density at radius 1 is 0.955 bits per heavy atom. The fraction of sp³-hybridized carbons (Fsp3) is 0.250. The van der Waals surface area contributed by atoms with E-state index < -0.39 is 0 Å². The zero-order chi connectivity index (χ0) is 15.4. The average molecular weight is 291 g/mol. The summed E-state index contributed by atoms with van der Waals surface area (Å²) in [5.74, 6) is 2.08. The molecule has 0 aliphatic rings. The molecular weight excluding hydrogens is 270 g/mol. The van der Waals surface area contributed by atoms with Gasteiger partial charge in [0.05, 0.1) is 6.20 Å². The summed E-state index contributed by atoms with van der Waals surface area (Å²) in [6.45, 7) is 4.50. The van der Waals surface area contributed by atoms with E-state index in [0.29, 0.717) is 11.8 Å². The molecule has 0 amide bonds. The van der Waals surface area contributed by atoms with Gasteiger partial charge in [0.25, 0.3) is 0 Å². The van der Waals surface area contributed by atoms with Crippen molar-refractivity contribution in [2.45, 2.75) is 32.6 Å². The monoisotopic (exact) mass is 291 g/mol. The van der Waals surface area contributed by atoms with Crippen LogP contribution in [0.15, 0.2) is 65.2 Å². The van der Waals surface area contributed by atoms with Crippen LogP contribution in [0.2, 0.25) is 0 Å². The highest BCUT2D eigenvalue weighted by Gasteiger charge is 2.09. The van der Waals surface area contributed by atoms with Crippen molar-refractivity contribution in [3.63, 3.8) is 0 Å². The Morgan fingerprint density at radius 3 is 2.36 bits per heavy atom. The number of rotatable bonds is 5. The molecule has 3 aromatic rings. The van der Waals surface area contributed by atoms with Crippen LogP contribution in [0.25, 0.3) is 22.8 Å². The van der Waals surface area contributed by atoms with Crippen LogP contribution in [-0.4, -0.2) is 4.98 Å². The van der Waals surface area contributed by atoms with Crippen molar-refractivity contribution in [2.24, 2.45) is 0 Å². The Labute approximate surface area is 131 Å². The maximum atomic E-state index is 5.89. The molecule has 112 valence electrons. The molecule has 0 aliphatic heterocycles. The lowest BCUT2D eigenvalue weighted by Crippen LogP contribution is -1.92. The van der Waals surface area contributed by atoms with Crippen LogP contribution in [0.4, 0.5) is 0 Å². The highest BCUT2D eigenvalue weighted by molar-refractivity contribution is 5.61. The first kappa shape index (κ1) is 14.6. The fourth-order valence-electron chi connectivity index (χ4n) is 2.70. The van der Waals surface area contributed by atoms with E-state index >= 15 is 0 Å². The second kappa shape index (κ2) is 6.61. The van der Waals surface area contributed by atoms with Gasteiger partial charge in [0.1, 0.15) is 0 Å². The van der Waals surface area contributed by atoms with Crippen molar-refractivity contribution < 1.29 is 4.42 Å². The topological polar surface area (TPSA) is 26.0 Å². The molecule has 2 aromatic carbocycles. The minimum absolute atomic E-state index is 0.600. The standard InChI is InChI=1S/C20H21NO/c1-3-7-15(2)16-10-12-18(13-11-16)20-21-14-19(22-20)17-8-5-4-6-9-17/h4-6,8-15H,3,7H2,1-2H3. The highest BCUT2D eigenvalue weighted by atomic mass is 16.4. The Bertz CT molecular complexity index is 713. The van der Waals surface area contributed by atoms with Crippen molar-refractivity contribution in [1.29, 1.82) is 0 Å². The van der Waals surface area contributed by atoms with Crippen LogP contribution >= 0.6 is 0 Å². The molecule has 22 heavy (non-hydrogen) atoms. The molecule has 1 aromatic heterocycles. The van der Waals surface area contributed by atoms with Gasteiger partial charge in [-0.05, 0) is 30.0 Å². The number of aromatic nitrogens is 1. The molecule has 1 unspecified atom stereocenters. The third-order valence-electron chi connectivity index (χ3n) is 4.01. The smallest absolute Gasteiger partial charge is 0.226 e. The van der Waals surface area contributed by atoms with Gasteiger partial charge in [0.2, 0.25) is 5.89 Å². The molecule has 0 radical (unpaired) electrons. The molecule has 0 aliphatic carbocycles. The van der Waals surface area contributed by atoms with Crippen molar-refractivity contribution >= 4 is 0 Å². The van der Waals surface area contributed by atoms with Crippen LogP contribution in [0, 0.1) is 0 Å². The lowest BCUT2D eigenvalue weighted by molar-refractivity contribution is 0.588. The molecule has 0 fully saturated rings. The molecule has 0 spiro atoms. The summed E-state index contributed by atoms with van der Waals surface area (Å²) in [5, 5.41) is 0. The molecule has 0 saturated heterocycles. The quantitative estimate of drug-likeness (QED) is 0.584. The van der Waals surface area contributed by atoms with E-state index in [1.54, 1.807) is 6.20 Å². The number of nitrogens with zero attached hydrogens (tertiary/aromatic N) is 1. The van der Waals surface area contributed by atoms with Gasteiger partial charge >= 0.3 is 0 Å². The lowest BCUT2D eigenvalue weighted by Gasteiger charge is -2.10. The summed E-state index contributed by atoms with van der Waals surface area (Å²) in [6.07, 6.45) is 4.22. The highest BCUT2D eigenvalue weighted by Crippen LogP contribution is 2.28. The predicted molar refractivity (Wildman–Crippen MR) is 90.7 cm³/mol. The van der Waals surface area contributed by atoms with Gasteiger partial charge in [0.15, 0.2) is 5.76 Å². The zero-order valence-electron chi connectivity index (χ0n) is 13.1. The third-order valence-corrected chi connectivity index (χ3v) is 4.01. The molecule has 1 atom stereocenters. The van der Waals surface area contributed by atoms with Crippen LogP contribution in [0.1, 0.15) is 38.2 Å². The Kier molecular flexibility index (Phi) is 4.38. The molecule has 0 N–H and O–H groups in total. The molecular formula is C20H21NO. The van der Waals surface area contributed by atoms with E-state index in [1.807, 2.05) is 30.3 Å². The first-order valence-corrected chi connectivity index (χ1v) is 7.89. The van der Waals surface area contributed by atoms with Gasteiger partial charge in [-0.15, -0.1) is 0 Å². The summed E-state index contributed by atoms with van der Waals surface area (Å²) in [7, 11) is 0. The van der Waals surface area contributed by atoms with Gasteiger partial charge < -0.3 is 4.42 Å². The summed E-state index contributed by atoms with van der Waals surface area (Å²) in [4.78, 5) is 4.41. The molecule has 2 nitrogen and oxygen atoms in total. The van der Waals surface area contributed by atoms with Crippen LogP contribution in [-0.2, 0) is 0 Å². The number of benzene rings is 2. The van der Waals surface area contributed by atoms with Crippen LogP contribution < -0.4 is 0 Å². The first-order chi connectivity index (χ1) is 10.8. The third kappa shape index (κ3) is 3.11. The van der Waals surface area contributed by atoms with Crippen molar-refractivity contribution in [3.05, 3.63) is 66.4 Å². The van der Waals surface area contributed by atoms with E-state index in [9.17, 15) is 0 Å². The summed E-state index contributed by atoms with van der Waals surface area (Å²) >= 11 is 0. The minimum Gasteiger partial charge on any atom is -0.436 e. The molecule has 2 heteroatoms. The first-order valence-electron chi connectivity index (χ1n) is 7.89. The van der Waals surface area contributed by atoms with Gasteiger partial charge in [-0.3, -0.25) is 0 Å². The normalized spacial score (nSPS) is 12.3. The summed E-state index contributed by atoms with van der Waals surface area (Å²) < 4.78 is 5.89. The maximum Gasteiger partial charge on any atom is 0.226 e. The Morgan fingerprint density at radius 2 is 1.68 bits per heavy atom. The van der Waals surface area contributed by atoms with E-state index in [4.69, 9.17) is 4.42 Å². The van der Waals surface area contributed by atoms with Gasteiger partial charge in [-0.2, -0.15) is 0 Å². The number of hydrogen-bond donors (Lipinski definition) is 0. The summed E-state index contributed by atoms with van der Waals surface area (Å²) in [5.41, 5.74) is 3.45. The maximum absolute atomic E-state index is 5.89. The summed E-state index contributed by atoms with van der Waals surface area (Å²) in [6, 6.07) is 18.6. The number of oxazole rings is 1. The van der Waals surface area contributed by atoms with Crippen molar-refractivity contribution in [1.82, 2.24) is 4.98 Å².